The van der Waals surface area contributed by atoms with E-state index >= 15 is 0 Å². The molecule has 0 radical (unpaired) electrons. The van der Waals surface area contributed by atoms with Crippen molar-refractivity contribution in [2.24, 2.45) is 0 Å². The van der Waals surface area contributed by atoms with Gasteiger partial charge in [-0.3, -0.25) is 9.36 Å². The Labute approximate surface area is 199 Å². The molecular weight excluding hydrogens is 464 g/mol. The summed E-state index contributed by atoms with van der Waals surface area (Å²) in [6.45, 7) is 0.430. The zero-order valence-corrected chi connectivity index (χ0v) is 19.5. The Balaban J connectivity index is 1.51. The molecule has 4 rings (SSSR count). The van der Waals surface area contributed by atoms with Gasteiger partial charge in [0.2, 0.25) is 5.91 Å². The van der Waals surface area contributed by atoms with Crippen LogP contribution in [0.15, 0.2) is 70.4 Å². The van der Waals surface area contributed by atoms with Crippen LogP contribution < -0.4 is 14.8 Å². The van der Waals surface area contributed by atoms with Crippen molar-refractivity contribution in [1.82, 2.24) is 14.8 Å². The van der Waals surface area contributed by atoms with E-state index in [1.54, 1.807) is 31.6 Å². The summed E-state index contributed by atoms with van der Waals surface area (Å²) in [6, 6.07) is 16.3. The highest BCUT2D eigenvalue weighted by Crippen LogP contribution is 2.29. The summed E-state index contributed by atoms with van der Waals surface area (Å²) in [6.07, 6.45) is 1.62. The first-order chi connectivity index (χ1) is 16.1. The number of furan rings is 1. The molecule has 0 bridgehead atoms. The molecule has 1 amide bonds. The van der Waals surface area contributed by atoms with Crippen molar-refractivity contribution in [2.45, 2.75) is 11.7 Å². The van der Waals surface area contributed by atoms with Gasteiger partial charge >= 0.3 is 0 Å². The summed E-state index contributed by atoms with van der Waals surface area (Å²) in [5.74, 6) is 2.66. The molecule has 8 nitrogen and oxygen atoms in total. The molecule has 0 saturated heterocycles. The number of hydrogen-bond donors (Lipinski definition) is 1. The van der Waals surface area contributed by atoms with Gasteiger partial charge in [0, 0.05) is 11.3 Å². The molecule has 2 aromatic carbocycles. The highest BCUT2D eigenvalue weighted by molar-refractivity contribution is 7.99. The Hall–Kier alpha value is -3.43. The molecular formula is C23H21ClN4O4S. The lowest BCUT2D eigenvalue weighted by molar-refractivity contribution is -0.113. The van der Waals surface area contributed by atoms with Crippen molar-refractivity contribution in [3.05, 3.63) is 71.6 Å². The van der Waals surface area contributed by atoms with E-state index in [1.165, 1.54) is 18.9 Å². The Morgan fingerprint density at radius 1 is 1.12 bits per heavy atom. The first kappa shape index (κ1) is 22.8. The zero-order chi connectivity index (χ0) is 23.2. The maximum atomic E-state index is 12.5. The molecule has 170 valence electrons. The van der Waals surface area contributed by atoms with Gasteiger partial charge in [0.1, 0.15) is 17.3 Å². The van der Waals surface area contributed by atoms with E-state index in [2.05, 4.69) is 15.5 Å². The number of carbonyl (C=O) groups is 1. The molecule has 1 N–H and O–H groups in total. The molecule has 33 heavy (non-hydrogen) atoms. The first-order valence-corrected chi connectivity index (χ1v) is 11.3. The molecule has 0 spiro atoms. The maximum Gasteiger partial charge on any atom is 0.234 e. The molecule has 2 aromatic heterocycles. The normalized spacial score (nSPS) is 10.8. The Bertz CT molecular complexity index is 1230. The van der Waals surface area contributed by atoms with E-state index in [0.29, 0.717) is 34.0 Å². The van der Waals surface area contributed by atoms with Crippen LogP contribution in [0.5, 0.6) is 11.5 Å². The number of rotatable bonds is 9. The minimum atomic E-state index is -0.195. The van der Waals surface area contributed by atoms with Gasteiger partial charge in [-0.15, -0.1) is 10.2 Å². The van der Waals surface area contributed by atoms with Crippen LogP contribution in [0, 0.1) is 0 Å². The summed E-state index contributed by atoms with van der Waals surface area (Å²) in [5.41, 5.74) is 1.46. The summed E-state index contributed by atoms with van der Waals surface area (Å²) >= 11 is 7.42. The van der Waals surface area contributed by atoms with Crippen molar-refractivity contribution in [2.75, 3.05) is 25.3 Å². The van der Waals surface area contributed by atoms with Crippen molar-refractivity contribution in [1.29, 1.82) is 0 Å². The molecule has 0 aliphatic carbocycles. The van der Waals surface area contributed by atoms with E-state index < -0.39 is 0 Å². The van der Waals surface area contributed by atoms with E-state index in [9.17, 15) is 4.79 Å². The minimum Gasteiger partial charge on any atom is -0.497 e. The third-order valence-corrected chi connectivity index (χ3v) is 5.99. The van der Waals surface area contributed by atoms with E-state index in [0.717, 1.165) is 17.1 Å². The van der Waals surface area contributed by atoms with Gasteiger partial charge in [-0.05, 0) is 54.6 Å². The summed E-state index contributed by atoms with van der Waals surface area (Å²) in [7, 11) is 3.16. The van der Waals surface area contributed by atoms with Crippen LogP contribution in [-0.2, 0) is 11.3 Å². The number of carbonyl (C=O) groups excluding carboxylic acids is 1. The first-order valence-electron chi connectivity index (χ1n) is 9.93. The van der Waals surface area contributed by atoms with E-state index in [-0.39, 0.29) is 11.7 Å². The number of thioether (sulfide) groups is 1. The second-order valence-electron chi connectivity index (χ2n) is 6.89. The minimum absolute atomic E-state index is 0.141. The number of benzene rings is 2. The quantitative estimate of drug-likeness (QED) is 0.335. The molecule has 0 saturated carbocycles. The third kappa shape index (κ3) is 5.50. The van der Waals surface area contributed by atoms with Gasteiger partial charge < -0.3 is 19.2 Å². The van der Waals surface area contributed by atoms with E-state index in [4.69, 9.17) is 25.5 Å². The number of aromatic nitrogens is 3. The van der Waals surface area contributed by atoms with Crippen LogP contribution >= 0.6 is 23.4 Å². The topological polar surface area (TPSA) is 91.4 Å². The molecule has 0 atom stereocenters. The number of halogens is 1. The van der Waals surface area contributed by atoms with Crippen molar-refractivity contribution < 1.29 is 18.7 Å². The fourth-order valence-corrected chi connectivity index (χ4v) is 4.12. The lowest BCUT2D eigenvalue weighted by Gasteiger charge is -2.10. The van der Waals surface area contributed by atoms with Gasteiger partial charge in [-0.1, -0.05) is 23.4 Å². The smallest absolute Gasteiger partial charge is 0.234 e. The van der Waals surface area contributed by atoms with Gasteiger partial charge in [-0.2, -0.15) is 0 Å². The van der Waals surface area contributed by atoms with Gasteiger partial charge in [-0.25, -0.2) is 0 Å². The summed E-state index contributed by atoms with van der Waals surface area (Å²) < 4.78 is 17.8. The largest absolute Gasteiger partial charge is 0.497 e. The highest BCUT2D eigenvalue weighted by Gasteiger charge is 2.17. The molecule has 0 unspecified atom stereocenters. The number of ether oxygens (including phenoxy) is 2. The number of hydrogen-bond acceptors (Lipinski definition) is 7. The molecule has 2 heterocycles. The molecule has 10 heteroatoms. The summed E-state index contributed by atoms with van der Waals surface area (Å²) in [5, 5.41) is 12.5. The second-order valence-corrected chi connectivity index (χ2v) is 8.24. The maximum absolute atomic E-state index is 12.5. The standard InChI is InChI=1S/C23H21ClN4O4S/c1-30-17-8-5-15(6-9-17)22-26-27-23(28(22)13-18-4-3-11-32-18)33-14-21(29)25-16-7-10-20(31-2)19(24)12-16/h3-12H,13-14H2,1-2H3,(H,25,29). The van der Waals surface area contributed by atoms with Gasteiger partial charge in [0.25, 0.3) is 0 Å². The van der Waals surface area contributed by atoms with Gasteiger partial charge in [0.15, 0.2) is 11.0 Å². The average Bonchev–Trinajstić information content (AvgIpc) is 3.48. The monoisotopic (exact) mass is 484 g/mol. The summed E-state index contributed by atoms with van der Waals surface area (Å²) in [4.78, 5) is 12.5. The van der Waals surface area contributed by atoms with Crippen LogP contribution in [0.2, 0.25) is 5.02 Å². The van der Waals surface area contributed by atoms with Gasteiger partial charge in [0.05, 0.1) is 37.8 Å². The van der Waals surface area contributed by atoms with Crippen molar-refractivity contribution >= 4 is 35.0 Å². The van der Waals surface area contributed by atoms with Crippen LogP contribution in [0.3, 0.4) is 0 Å². The lowest BCUT2D eigenvalue weighted by atomic mass is 10.2. The van der Waals surface area contributed by atoms with E-state index in [1.807, 2.05) is 41.0 Å². The third-order valence-electron chi connectivity index (χ3n) is 4.73. The predicted molar refractivity (Wildman–Crippen MR) is 127 cm³/mol. The fourth-order valence-electron chi connectivity index (χ4n) is 3.12. The average molecular weight is 485 g/mol. The Morgan fingerprint density at radius 2 is 1.94 bits per heavy atom. The Morgan fingerprint density at radius 3 is 2.61 bits per heavy atom. The van der Waals surface area contributed by atoms with Crippen LogP contribution in [0.1, 0.15) is 5.76 Å². The lowest BCUT2D eigenvalue weighted by Crippen LogP contribution is -2.15. The molecule has 4 aromatic rings. The highest BCUT2D eigenvalue weighted by atomic mass is 35.5. The van der Waals surface area contributed by atoms with Crippen LogP contribution in [0.4, 0.5) is 5.69 Å². The fraction of sp³-hybridized carbons (Fsp3) is 0.174. The van der Waals surface area contributed by atoms with Crippen molar-refractivity contribution in [3.63, 3.8) is 0 Å². The SMILES string of the molecule is COc1ccc(-c2nnc(SCC(=O)Nc3ccc(OC)c(Cl)c3)n2Cc2ccco2)cc1. The predicted octanol–water partition coefficient (Wildman–Crippen LogP) is 4.99. The van der Waals surface area contributed by atoms with Crippen LogP contribution in [-0.4, -0.2) is 40.6 Å². The number of nitrogens with one attached hydrogen (secondary N) is 1. The number of amides is 1. The zero-order valence-electron chi connectivity index (χ0n) is 17.9. The molecule has 0 aliphatic rings. The Kier molecular flexibility index (Phi) is 7.21. The molecule has 0 aliphatic heterocycles. The van der Waals surface area contributed by atoms with Crippen LogP contribution in [0.25, 0.3) is 11.4 Å². The number of methoxy groups -OCH3 is 2. The number of nitrogens with zero attached hydrogens (tertiary/aromatic N) is 3. The second kappa shape index (κ2) is 10.5. The van der Waals surface area contributed by atoms with Crippen molar-refractivity contribution in [3.8, 4) is 22.9 Å². The molecule has 0 fully saturated rings. The number of anilines is 1.